The van der Waals surface area contributed by atoms with Crippen LogP contribution in [0.1, 0.15) is 29.0 Å². The third kappa shape index (κ3) is 3.43. The van der Waals surface area contributed by atoms with Gasteiger partial charge in [0.1, 0.15) is 11.0 Å². The van der Waals surface area contributed by atoms with Gasteiger partial charge in [-0.15, -0.1) is 0 Å². The van der Waals surface area contributed by atoms with Crippen molar-refractivity contribution in [2.75, 3.05) is 32.0 Å². The molecule has 7 nitrogen and oxygen atoms in total. The summed E-state index contributed by atoms with van der Waals surface area (Å²) in [6, 6.07) is 9.10. The summed E-state index contributed by atoms with van der Waals surface area (Å²) in [6.45, 7) is 3.07. The van der Waals surface area contributed by atoms with E-state index in [2.05, 4.69) is 37.4 Å². The highest BCUT2D eigenvalue weighted by molar-refractivity contribution is 6.07. The Balaban J connectivity index is 1.58. The lowest BCUT2D eigenvalue weighted by molar-refractivity contribution is 0.103. The molecule has 1 aliphatic rings. The molecule has 0 bridgehead atoms. The Morgan fingerprint density at radius 3 is 2.77 bits per heavy atom. The number of hydrogen-bond donors (Lipinski definition) is 2. The highest BCUT2D eigenvalue weighted by Gasteiger charge is 2.19. The van der Waals surface area contributed by atoms with Gasteiger partial charge in [-0.1, -0.05) is 30.3 Å². The van der Waals surface area contributed by atoms with E-state index in [0.29, 0.717) is 22.8 Å². The number of carbonyl (C=O) groups is 1. The maximum atomic E-state index is 12.7. The third-order valence-corrected chi connectivity index (χ3v) is 4.94. The first-order valence-electron chi connectivity index (χ1n) is 8.94. The van der Waals surface area contributed by atoms with Gasteiger partial charge in [0.05, 0.1) is 6.20 Å². The lowest BCUT2D eigenvalue weighted by Crippen LogP contribution is -2.33. The number of likely N-dealkylation sites (tertiary alicyclic amines) is 1. The van der Waals surface area contributed by atoms with Crippen LogP contribution in [0.25, 0.3) is 11.0 Å². The van der Waals surface area contributed by atoms with Crippen molar-refractivity contribution in [3.8, 4) is 0 Å². The van der Waals surface area contributed by atoms with Crippen molar-refractivity contribution in [1.82, 2.24) is 25.1 Å². The van der Waals surface area contributed by atoms with Crippen LogP contribution in [-0.2, 0) is 0 Å². The number of carbonyl (C=O) groups excluding carboxylic acids is 1. The summed E-state index contributed by atoms with van der Waals surface area (Å²) < 4.78 is 0. The number of aromatic amines is 1. The minimum atomic E-state index is -0.184. The van der Waals surface area contributed by atoms with Gasteiger partial charge in [0.15, 0.2) is 5.82 Å². The molecule has 1 aromatic carbocycles. The second-order valence-electron chi connectivity index (χ2n) is 6.85. The molecule has 0 amide bonds. The van der Waals surface area contributed by atoms with Crippen molar-refractivity contribution < 1.29 is 4.79 Å². The highest BCUT2D eigenvalue weighted by atomic mass is 16.1. The molecular formula is C19H22N6O. The van der Waals surface area contributed by atoms with E-state index in [1.165, 1.54) is 0 Å². The quantitative estimate of drug-likeness (QED) is 0.687. The molecule has 3 heterocycles. The van der Waals surface area contributed by atoms with Crippen molar-refractivity contribution in [2.45, 2.75) is 12.8 Å². The average Bonchev–Trinajstić information content (AvgIpc) is 3.16. The van der Waals surface area contributed by atoms with Crippen LogP contribution in [0.3, 0.4) is 0 Å². The van der Waals surface area contributed by atoms with Crippen molar-refractivity contribution in [3.05, 3.63) is 47.9 Å². The van der Waals surface area contributed by atoms with Crippen LogP contribution in [0.4, 0.5) is 5.82 Å². The number of H-pyrrole nitrogens is 1. The number of aromatic nitrogens is 4. The first-order valence-corrected chi connectivity index (χ1v) is 8.94. The number of nitrogens with one attached hydrogen (secondary N) is 2. The Kier molecular flexibility index (Phi) is 4.62. The number of anilines is 1. The van der Waals surface area contributed by atoms with E-state index >= 15 is 0 Å². The summed E-state index contributed by atoms with van der Waals surface area (Å²) >= 11 is 0. The molecule has 3 aromatic rings. The standard InChI is InChI=1S/C19H22N6O/c1-25-9-7-13(8-10-25)11-20-18-16-15(12-21-24-16)22-19(23-18)17(26)14-5-3-2-4-6-14/h2-6,12-13H,7-11H2,1H3,(H,21,24)(H,20,22,23). The zero-order valence-corrected chi connectivity index (χ0v) is 14.8. The van der Waals surface area contributed by atoms with Crippen LogP contribution in [-0.4, -0.2) is 57.5 Å². The van der Waals surface area contributed by atoms with Crippen LogP contribution < -0.4 is 5.32 Å². The number of piperidine rings is 1. The minimum Gasteiger partial charge on any atom is -0.368 e. The molecule has 0 spiro atoms. The molecule has 2 N–H and O–H groups in total. The molecule has 7 heteroatoms. The molecule has 4 rings (SSSR count). The number of ketones is 1. The van der Waals surface area contributed by atoms with Crippen molar-refractivity contribution in [1.29, 1.82) is 0 Å². The Morgan fingerprint density at radius 1 is 1.23 bits per heavy atom. The van der Waals surface area contributed by atoms with E-state index < -0.39 is 0 Å². The van der Waals surface area contributed by atoms with Crippen LogP contribution >= 0.6 is 0 Å². The summed E-state index contributed by atoms with van der Waals surface area (Å²) in [4.78, 5) is 23.9. The van der Waals surface area contributed by atoms with Gasteiger partial charge in [0, 0.05) is 12.1 Å². The minimum absolute atomic E-state index is 0.184. The SMILES string of the molecule is CN1CCC(CNc2nc(C(=O)c3ccccc3)nc3cn[nH]c23)CC1. The Bertz CT molecular complexity index is 899. The molecule has 0 radical (unpaired) electrons. The van der Waals surface area contributed by atoms with E-state index in [4.69, 9.17) is 0 Å². The Morgan fingerprint density at radius 2 is 2.00 bits per heavy atom. The van der Waals surface area contributed by atoms with E-state index in [0.717, 1.165) is 38.0 Å². The molecule has 1 saturated heterocycles. The fourth-order valence-corrected chi connectivity index (χ4v) is 3.30. The van der Waals surface area contributed by atoms with E-state index in [-0.39, 0.29) is 11.6 Å². The first-order chi connectivity index (χ1) is 12.7. The molecule has 0 atom stereocenters. The fourth-order valence-electron chi connectivity index (χ4n) is 3.30. The maximum absolute atomic E-state index is 12.7. The van der Waals surface area contributed by atoms with Crippen molar-refractivity contribution in [2.24, 2.45) is 5.92 Å². The predicted molar refractivity (Wildman–Crippen MR) is 100 cm³/mol. The van der Waals surface area contributed by atoms with Gasteiger partial charge < -0.3 is 10.2 Å². The van der Waals surface area contributed by atoms with Crippen molar-refractivity contribution >= 4 is 22.6 Å². The van der Waals surface area contributed by atoms with Crippen LogP contribution in [0.15, 0.2) is 36.5 Å². The van der Waals surface area contributed by atoms with Gasteiger partial charge in [0.25, 0.3) is 0 Å². The Labute approximate surface area is 151 Å². The highest BCUT2D eigenvalue weighted by Crippen LogP contribution is 2.21. The molecule has 26 heavy (non-hydrogen) atoms. The van der Waals surface area contributed by atoms with Gasteiger partial charge in [-0.05, 0) is 38.9 Å². The molecule has 2 aromatic heterocycles. The topological polar surface area (TPSA) is 86.8 Å². The first kappa shape index (κ1) is 16.7. The normalized spacial score (nSPS) is 16.0. The average molecular weight is 350 g/mol. The second kappa shape index (κ2) is 7.21. The summed E-state index contributed by atoms with van der Waals surface area (Å²) in [6.07, 6.45) is 3.95. The summed E-state index contributed by atoms with van der Waals surface area (Å²) in [7, 11) is 2.16. The van der Waals surface area contributed by atoms with Crippen molar-refractivity contribution in [3.63, 3.8) is 0 Å². The molecule has 0 unspecified atom stereocenters. The van der Waals surface area contributed by atoms with Gasteiger partial charge in [0.2, 0.25) is 11.6 Å². The largest absolute Gasteiger partial charge is 0.368 e. The third-order valence-electron chi connectivity index (χ3n) is 4.94. The number of hydrogen-bond acceptors (Lipinski definition) is 6. The molecule has 1 fully saturated rings. The molecular weight excluding hydrogens is 328 g/mol. The number of rotatable bonds is 5. The van der Waals surface area contributed by atoms with E-state index in [9.17, 15) is 4.79 Å². The lowest BCUT2D eigenvalue weighted by Gasteiger charge is -2.29. The summed E-state index contributed by atoms with van der Waals surface area (Å²) in [5, 5.41) is 10.4. The van der Waals surface area contributed by atoms with Crippen LogP contribution in [0, 0.1) is 5.92 Å². The van der Waals surface area contributed by atoms with Crippen LogP contribution in [0.2, 0.25) is 0 Å². The number of benzene rings is 1. The van der Waals surface area contributed by atoms with E-state index in [1.807, 2.05) is 18.2 Å². The smallest absolute Gasteiger partial charge is 0.230 e. The molecule has 0 aliphatic carbocycles. The van der Waals surface area contributed by atoms with Gasteiger partial charge in [-0.2, -0.15) is 5.10 Å². The summed E-state index contributed by atoms with van der Waals surface area (Å²) in [5.41, 5.74) is 1.96. The Hall–Kier alpha value is -2.80. The number of nitrogens with zero attached hydrogens (tertiary/aromatic N) is 4. The molecule has 134 valence electrons. The monoisotopic (exact) mass is 350 g/mol. The predicted octanol–water partition coefficient (Wildman–Crippen LogP) is 2.34. The molecule has 1 aliphatic heterocycles. The summed E-state index contributed by atoms with van der Waals surface area (Å²) in [5.74, 6) is 1.25. The fraction of sp³-hybridized carbons (Fsp3) is 0.368. The zero-order chi connectivity index (χ0) is 17.9. The van der Waals surface area contributed by atoms with E-state index in [1.54, 1.807) is 18.3 Å². The second-order valence-corrected chi connectivity index (χ2v) is 6.85. The maximum Gasteiger partial charge on any atom is 0.230 e. The van der Waals surface area contributed by atoms with Gasteiger partial charge in [-0.3, -0.25) is 9.89 Å². The molecule has 0 saturated carbocycles. The van der Waals surface area contributed by atoms with Gasteiger partial charge >= 0.3 is 0 Å². The zero-order valence-electron chi connectivity index (χ0n) is 14.8. The number of fused-ring (bicyclic) bond motifs is 1. The van der Waals surface area contributed by atoms with Gasteiger partial charge in [-0.25, -0.2) is 9.97 Å². The van der Waals surface area contributed by atoms with Crippen LogP contribution in [0.5, 0.6) is 0 Å². The lowest BCUT2D eigenvalue weighted by atomic mass is 9.97.